The third kappa shape index (κ3) is 5.09. The fourth-order valence-corrected chi connectivity index (χ4v) is 4.35. The molecule has 0 aliphatic carbocycles. The Labute approximate surface area is 129 Å². The van der Waals surface area contributed by atoms with Gasteiger partial charge < -0.3 is 5.32 Å². The van der Waals surface area contributed by atoms with E-state index in [4.69, 9.17) is 0 Å². The van der Waals surface area contributed by atoms with Crippen molar-refractivity contribution in [3.05, 3.63) is 29.3 Å². The Hall–Kier alpha value is -0.910. The molecule has 0 unspecified atom stereocenters. The Bertz CT molecular complexity index is 566. The van der Waals surface area contributed by atoms with Gasteiger partial charge in [0, 0.05) is 12.1 Å². The minimum absolute atomic E-state index is 0.405. The molecule has 0 aromatic heterocycles. The molecule has 1 aromatic rings. The van der Waals surface area contributed by atoms with Gasteiger partial charge in [0.1, 0.15) is 0 Å². The predicted molar refractivity (Wildman–Crippen MR) is 87.9 cm³/mol. The first-order valence-corrected chi connectivity index (χ1v) is 9.04. The molecular formula is C16H28N2O2S. The summed E-state index contributed by atoms with van der Waals surface area (Å²) in [5.74, 6) is 0. The minimum atomic E-state index is -3.50. The lowest BCUT2D eigenvalue weighted by Crippen LogP contribution is -2.43. The zero-order valence-corrected chi connectivity index (χ0v) is 14.6. The summed E-state index contributed by atoms with van der Waals surface area (Å²) in [5, 5.41) is 3.05. The molecule has 4 nitrogen and oxygen atoms in total. The Morgan fingerprint density at radius 1 is 1.19 bits per heavy atom. The van der Waals surface area contributed by atoms with Crippen LogP contribution in [-0.4, -0.2) is 21.0 Å². The first-order chi connectivity index (χ1) is 9.75. The second kappa shape index (κ2) is 7.38. The van der Waals surface area contributed by atoms with Crippen LogP contribution >= 0.6 is 0 Å². The van der Waals surface area contributed by atoms with E-state index < -0.39 is 15.6 Å². The van der Waals surface area contributed by atoms with Crippen molar-refractivity contribution in [1.82, 2.24) is 10.0 Å². The van der Waals surface area contributed by atoms with E-state index in [9.17, 15) is 8.42 Å². The summed E-state index contributed by atoms with van der Waals surface area (Å²) in [4.78, 5) is 0.405. The summed E-state index contributed by atoms with van der Waals surface area (Å²) < 4.78 is 28.3. The van der Waals surface area contributed by atoms with Gasteiger partial charge in [0.15, 0.2) is 0 Å². The van der Waals surface area contributed by atoms with Crippen molar-refractivity contribution in [2.24, 2.45) is 0 Å². The lowest BCUT2D eigenvalue weighted by atomic mass is 10.0. The van der Waals surface area contributed by atoms with Gasteiger partial charge in [0.25, 0.3) is 0 Å². The molecule has 21 heavy (non-hydrogen) atoms. The van der Waals surface area contributed by atoms with Crippen LogP contribution in [0, 0.1) is 0 Å². The Morgan fingerprint density at radius 3 is 2.38 bits per heavy atom. The largest absolute Gasteiger partial charge is 0.316 e. The van der Waals surface area contributed by atoms with Crippen molar-refractivity contribution in [3.63, 3.8) is 0 Å². The molecule has 0 saturated carbocycles. The molecular weight excluding hydrogens is 284 g/mol. The number of rotatable bonds is 8. The molecule has 120 valence electrons. The van der Waals surface area contributed by atoms with Crippen molar-refractivity contribution in [3.8, 4) is 0 Å². The summed E-state index contributed by atoms with van der Waals surface area (Å²) in [6.45, 7) is 8.55. The van der Waals surface area contributed by atoms with Gasteiger partial charge in [-0.25, -0.2) is 13.1 Å². The molecule has 0 spiro atoms. The highest BCUT2D eigenvalue weighted by atomic mass is 32.2. The van der Waals surface area contributed by atoms with Gasteiger partial charge in [0.05, 0.1) is 4.90 Å². The van der Waals surface area contributed by atoms with Crippen LogP contribution in [0.15, 0.2) is 23.1 Å². The number of nitrogens with one attached hydrogen (secondary N) is 2. The maximum atomic E-state index is 12.7. The van der Waals surface area contributed by atoms with E-state index >= 15 is 0 Å². The van der Waals surface area contributed by atoms with Crippen LogP contribution in [0.1, 0.15) is 51.7 Å². The van der Waals surface area contributed by atoms with Gasteiger partial charge in [-0.05, 0) is 50.9 Å². The summed E-state index contributed by atoms with van der Waals surface area (Å²) >= 11 is 0. The third-order valence-electron chi connectivity index (χ3n) is 3.47. The molecule has 0 aliphatic heterocycles. The third-order valence-corrected chi connectivity index (χ3v) is 5.25. The molecule has 0 aliphatic rings. The lowest BCUT2D eigenvalue weighted by Gasteiger charge is -2.26. The first kappa shape index (κ1) is 18.1. The zero-order valence-electron chi connectivity index (χ0n) is 13.8. The van der Waals surface area contributed by atoms with Gasteiger partial charge in [-0.1, -0.05) is 32.4 Å². The quantitative estimate of drug-likeness (QED) is 0.776. The monoisotopic (exact) mass is 312 g/mol. The van der Waals surface area contributed by atoms with Crippen molar-refractivity contribution in [2.75, 3.05) is 7.05 Å². The molecule has 5 heteroatoms. The molecule has 0 amide bonds. The van der Waals surface area contributed by atoms with Crippen molar-refractivity contribution in [2.45, 2.75) is 63.9 Å². The van der Waals surface area contributed by atoms with E-state index in [0.717, 1.165) is 24.0 Å². The standard InChI is InChI=1S/C16H28N2O2S/c1-6-10-16(3,4)18-21(19,20)15-11-13(12-17-5)8-9-14(15)7-2/h8-9,11,17-18H,6-7,10,12H2,1-5H3. The Morgan fingerprint density at radius 2 is 1.86 bits per heavy atom. The molecule has 0 fully saturated rings. The summed E-state index contributed by atoms with van der Waals surface area (Å²) in [7, 11) is -1.65. The highest BCUT2D eigenvalue weighted by Crippen LogP contribution is 2.22. The smallest absolute Gasteiger partial charge is 0.241 e. The van der Waals surface area contributed by atoms with Crippen LogP contribution in [-0.2, 0) is 23.0 Å². The average molecular weight is 312 g/mol. The number of benzene rings is 1. The second-order valence-electron chi connectivity index (χ2n) is 6.07. The van der Waals surface area contributed by atoms with Crippen molar-refractivity contribution >= 4 is 10.0 Å². The van der Waals surface area contributed by atoms with Crippen molar-refractivity contribution < 1.29 is 8.42 Å². The molecule has 2 N–H and O–H groups in total. The van der Waals surface area contributed by atoms with E-state index in [1.165, 1.54) is 0 Å². The van der Waals surface area contributed by atoms with Crippen LogP contribution in [0.2, 0.25) is 0 Å². The van der Waals surface area contributed by atoms with Gasteiger partial charge in [-0.3, -0.25) is 0 Å². The average Bonchev–Trinajstić information content (AvgIpc) is 2.37. The Balaban J connectivity index is 3.19. The highest BCUT2D eigenvalue weighted by Gasteiger charge is 2.27. The molecule has 1 rings (SSSR count). The van der Waals surface area contributed by atoms with Crippen LogP contribution in [0.3, 0.4) is 0 Å². The van der Waals surface area contributed by atoms with Crippen LogP contribution in [0.4, 0.5) is 0 Å². The fourth-order valence-electron chi connectivity index (χ4n) is 2.55. The Kier molecular flexibility index (Phi) is 6.38. The second-order valence-corrected chi connectivity index (χ2v) is 7.72. The molecule has 0 radical (unpaired) electrons. The molecule has 0 saturated heterocycles. The summed E-state index contributed by atoms with van der Waals surface area (Å²) in [6.07, 6.45) is 2.45. The maximum Gasteiger partial charge on any atom is 0.241 e. The SMILES string of the molecule is CCCC(C)(C)NS(=O)(=O)c1cc(CNC)ccc1CC. The van der Waals surface area contributed by atoms with Crippen LogP contribution < -0.4 is 10.0 Å². The van der Waals surface area contributed by atoms with E-state index in [0.29, 0.717) is 17.9 Å². The van der Waals surface area contributed by atoms with Gasteiger partial charge in [-0.2, -0.15) is 0 Å². The van der Waals surface area contributed by atoms with E-state index in [1.54, 1.807) is 6.07 Å². The number of hydrogen-bond acceptors (Lipinski definition) is 3. The molecule has 0 heterocycles. The molecule has 0 atom stereocenters. The molecule has 1 aromatic carbocycles. The maximum absolute atomic E-state index is 12.7. The number of sulfonamides is 1. The number of aryl methyl sites for hydroxylation is 1. The van der Waals surface area contributed by atoms with Crippen molar-refractivity contribution in [1.29, 1.82) is 0 Å². The minimum Gasteiger partial charge on any atom is -0.316 e. The normalized spacial score (nSPS) is 12.6. The van der Waals surface area contributed by atoms with E-state index in [2.05, 4.69) is 17.0 Å². The van der Waals surface area contributed by atoms with Gasteiger partial charge in [-0.15, -0.1) is 0 Å². The summed E-state index contributed by atoms with van der Waals surface area (Å²) in [5.41, 5.74) is 1.40. The van der Waals surface area contributed by atoms with Gasteiger partial charge in [0.2, 0.25) is 10.0 Å². The number of hydrogen-bond donors (Lipinski definition) is 2. The van der Waals surface area contributed by atoms with Gasteiger partial charge >= 0.3 is 0 Å². The fraction of sp³-hybridized carbons (Fsp3) is 0.625. The summed E-state index contributed by atoms with van der Waals surface area (Å²) in [6, 6.07) is 5.67. The topological polar surface area (TPSA) is 58.2 Å². The van der Waals surface area contributed by atoms with E-state index in [-0.39, 0.29) is 0 Å². The lowest BCUT2D eigenvalue weighted by molar-refractivity contribution is 0.417. The highest BCUT2D eigenvalue weighted by molar-refractivity contribution is 7.89. The van der Waals surface area contributed by atoms with Crippen LogP contribution in [0.5, 0.6) is 0 Å². The zero-order chi connectivity index (χ0) is 16.1. The van der Waals surface area contributed by atoms with Crippen LogP contribution in [0.25, 0.3) is 0 Å². The predicted octanol–water partition coefficient (Wildman–Crippen LogP) is 2.83. The molecule has 0 bridgehead atoms. The first-order valence-electron chi connectivity index (χ1n) is 7.56. The van der Waals surface area contributed by atoms with E-state index in [1.807, 2.05) is 40.0 Å².